The minimum atomic E-state index is -1.86. The van der Waals surface area contributed by atoms with Crippen molar-refractivity contribution >= 4 is 5.97 Å². The molecule has 32 atom stereocenters. The lowest BCUT2D eigenvalue weighted by molar-refractivity contribution is -0.365. The number of hydrogen-bond acceptors (Lipinski definition) is 25. The molecule has 5 heterocycles. The summed E-state index contributed by atoms with van der Waals surface area (Å²) in [5.74, 6) is -0.785. The van der Waals surface area contributed by atoms with Crippen molar-refractivity contribution in [1.29, 1.82) is 0 Å². The van der Waals surface area contributed by atoms with Gasteiger partial charge >= 0.3 is 5.97 Å². The Balaban J connectivity index is 0.826. The Morgan fingerprint density at radius 2 is 1.17 bits per heavy atom. The van der Waals surface area contributed by atoms with Gasteiger partial charge in [0, 0.05) is 5.41 Å². The molecule has 25 nitrogen and oxygen atoms in total. The van der Waals surface area contributed by atoms with Crippen molar-refractivity contribution in [2.24, 2.45) is 50.2 Å². The molecule has 25 heteroatoms. The lowest BCUT2D eigenvalue weighted by atomic mass is 9.33. The summed E-state index contributed by atoms with van der Waals surface area (Å²) in [6, 6.07) is 0. The Hall–Kier alpha value is -1.71. The number of hydrogen-bond donors (Lipinski definition) is 14. The molecule has 0 aromatic rings. The van der Waals surface area contributed by atoms with E-state index in [0.29, 0.717) is 51.4 Å². The topological polar surface area (TPSA) is 393 Å². The van der Waals surface area contributed by atoms with Crippen molar-refractivity contribution in [1.82, 2.24) is 0 Å². The van der Waals surface area contributed by atoms with Gasteiger partial charge in [0.2, 0.25) is 6.29 Å². The number of carbonyl (C=O) groups is 1. The third-order valence-corrected chi connectivity index (χ3v) is 22.8. The average Bonchev–Trinajstić information content (AvgIpc) is 2.53. The molecule has 83 heavy (non-hydrogen) atoms. The zero-order chi connectivity index (χ0) is 60.4. The fraction of sp³-hybridized carbons (Fsp3) is 0.948. The molecule has 9 fully saturated rings. The van der Waals surface area contributed by atoms with Crippen LogP contribution in [-0.2, 0) is 52.2 Å². The molecule has 0 spiro atoms. The Morgan fingerprint density at radius 1 is 0.578 bits per heavy atom. The summed E-state index contributed by atoms with van der Waals surface area (Å²) in [5, 5.41) is 152. The van der Waals surface area contributed by atoms with Crippen LogP contribution in [0.3, 0.4) is 0 Å². The van der Waals surface area contributed by atoms with Crippen LogP contribution in [0, 0.1) is 50.2 Å². The average molecular weight is 1190 g/mol. The molecule has 5 saturated heterocycles. The van der Waals surface area contributed by atoms with E-state index in [-0.39, 0.29) is 52.6 Å². The van der Waals surface area contributed by atoms with Crippen LogP contribution in [0.25, 0.3) is 0 Å². The molecule has 6 unspecified atom stereocenters. The third-order valence-electron chi connectivity index (χ3n) is 22.8. The number of allylic oxidation sites excluding steroid dienone is 2. The second kappa shape index (κ2) is 23.6. The fourth-order valence-electron chi connectivity index (χ4n) is 17.2. The highest BCUT2D eigenvalue weighted by Crippen LogP contribution is 2.76. The number of esters is 1. The minimum absolute atomic E-state index is 0.0554. The molecular formula is C58H94O25. The molecule has 0 bridgehead atoms. The molecule has 476 valence electrons. The van der Waals surface area contributed by atoms with Crippen molar-refractivity contribution < 1.29 is 124 Å². The van der Waals surface area contributed by atoms with Crippen molar-refractivity contribution in [2.75, 3.05) is 26.4 Å². The maximum Gasteiger partial charge on any atom is 0.315 e. The van der Waals surface area contributed by atoms with Gasteiger partial charge < -0.3 is 119 Å². The molecule has 4 saturated carbocycles. The quantitative estimate of drug-likeness (QED) is 0.0576. The molecule has 0 aromatic heterocycles. The molecular weight excluding hydrogens is 1100 g/mol. The van der Waals surface area contributed by atoms with E-state index in [1.54, 1.807) is 0 Å². The number of rotatable bonds is 12. The van der Waals surface area contributed by atoms with E-state index in [4.69, 9.17) is 47.4 Å². The zero-order valence-corrected chi connectivity index (χ0v) is 48.8. The SMILES string of the molecule is C[C@@H]1O[C@@H](O[C@H]2[C@H](OC3CCC4(C)C5CC=C6C7CC(C)(C)CCC7(C(=O)O[C@@H]7O[C@H](CO[C@@H]8OC[C@@H](O[C@@H]9O[C@@H](C)[C@H](O)[C@@H](O)[C@H]9O)[C@H](O)[C@H]8O)[C@@H](O)[C@H](O)[C@H]7O)CC[C@@]6(C)C5(C)CC[C@H]4[C@]3(C)CO)OC[C@H](O)[C@@H]2O)[C@H](O)[C@H](O)[C@H]1O. The molecule has 5 aliphatic heterocycles. The molecule has 10 rings (SSSR count). The van der Waals surface area contributed by atoms with Crippen molar-refractivity contribution in [3.05, 3.63) is 11.6 Å². The Kier molecular flexibility index (Phi) is 18.3. The highest BCUT2D eigenvalue weighted by atomic mass is 16.8. The van der Waals surface area contributed by atoms with E-state index >= 15 is 4.79 Å². The van der Waals surface area contributed by atoms with Crippen LogP contribution in [0.1, 0.15) is 120 Å². The fourth-order valence-corrected chi connectivity index (χ4v) is 17.2. The first-order valence-electron chi connectivity index (χ1n) is 30.0. The summed E-state index contributed by atoms with van der Waals surface area (Å²) >= 11 is 0. The first-order chi connectivity index (χ1) is 38.9. The van der Waals surface area contributed by atoms with E-state index in [9.17, 15) is 71.5 Å². The Morgan fingerprint density at radius 3 is 1.82 bits per heavy atom. The van der Waals surface area contributed by atoms with E-state index in [1.165, 1.54) is 19.4 Å². The Bertz CT molecular complexity index is 2310. The highest BCUT2D eigenvalue weighted by Gasteiger charge is 2.71. The summed E-state index contributed by atoms with van der Waals surface area (Å²) in [7, 11) is 0. The van der Waals surface area contributed by atoms with Gasteiger partial charge in [-0.3, -0.25) is 4.79 Å². The number of carbonyl (C=O) groups excluding carboxylic acids is 1. The second-order valence-electron chi connectivity index (χ2n) is 28.0. The standard InChI is InChI=1S/C58H94O25/c1-24-34(61)39(66)43(70)48(77-24)79-30-22-76-47(42(69)38(30)65)75-21-29-37(64)41(68)45(72)50(80-29)83-52(73)58-17-15-53(3,4)19-27(58)26-9-10-32-54(5)13-12-33(55(6,23-59)31(54)11-14-57(32,8)56(26,7)16-18-58)81-51-46(36(63)28(60)20-74-51)82-49-44(71)40(67)35(62)25(2)78-49/h9,24-25,27-51,59-72H,10-23H2,1-8H3/t24-,25-,27?,28-,29+,30+,31+,32?,33?,34-,35-,36-,37+,38-,39+,40+,41-,42+,43+,44+,45+,46+,47+,48-,49-,50-,51-,54?,55-,56+,57?,58?/m0/s1. The molecule has 0 radical (unpaired) electrons. The smallest absolute Gasteiger partial charge is 0.315 e. The lowest BCUT2D eigenvalue weighted by Crippen LogP contribution is -2.67. The summed E-state index contributed by atoms with van der Waals surface area (Å²) in [4.78, 5) is 15.2. The largest absolute Gasteiger partial charge is 0.432 e. The number of aliphatic hydroxyl groups is 14. The predicted molar refractivity (Wildman–Crippen MR) is 282 cm³/mol. The maximum absolute atomic E-state index is 15.2. The van der Waals surface area contributed by atoms with Gasteiger partial charge in [0.25, 0.3) is 0 Å². The summed E-state index contributed by atoms with van der Waals surface area (Å²) in [5.41, 5.74) is -1.81. The van der Waals surface area contributed by atoms with Gasteiger partial charge in [-0.1, -0.05) is 53.2 Å². The van der Waals surface area contributed by atoms with Crippen LogP contribution in [0.4, 0.5) is 0 Å². The molecule has 10 aliphatic rings. The van der Waals surface area contributed by atoms with E-state index in [0.717, 1.165) is 12.8 Å². The van der Waals surface area contributed by atoms with E-state index < -0.39 is 177 Å². The third kappa shape index (κ3) is 10.8. The molecule has 14 N–H and O–H groups in total. The maximum atomic E-state index is 15.2. The lowest BCUT2D eigenvalue weighted by Gasteiger charge is -2.71. The van der Waals surface area contributed by atoms with Crippen LogP contribution in [-0.4, -0.2) is 251 Å². The number of aliphatic hydroxyl groups excluding tert-OH is 14. The van der Waals surface area contributed by atoms with Gasteiger partial charge in [0.1, 0.15) is 97.7 Å². The Labute approximate surface area is 483 Å². The van der Waals surface area contributed by atoms with Crippen LogP contribution in [0.5, 0.6) is 0 Å². The van der Waals surface area contributed by atoms with Crippen LogP contribution >= 0.6 is 0 Å². The number of fused-ring (bicyclic) bond motifs is 7. The normalized spacial score (nSPS) is 55.4. The molecule has 5 aliphatic carbocycles. The predicted octanol–water partition coefficient (Wildman–Crippen LogP) is -1.91. The summed E-state index contributed by atoms with van der Waals surface area (Å²) < 4.78 is 59.3. The summed E-state index contributed by atoms with van der Waals surface area (Å²) in [6.07, 6.45) is -26.5. The van der Waals surface area contributed by atoms with Gasteiger partial charge in [0.15, 0.2) is 25.2 Å². The van der Waals surface area contributed by atoms with E-state index in [2.05, 4.69) is 40.7 Å². The molecule has 0 amide bonds. The second-order valence-corrected chi connectivity index (χ2v) is 28.0. The minimum Gasteiger partial charge on any atom is -0.432 e. The van der Waals surface area contributed by atoms with Crippen LogP contribution in [0.2, 0.25) is 0 Å². The van der Waals surface area contributed by atoms with Crippen molar-refractivity contribution in [3.63, 3.8) is 0 Å². The van der Waals surface area contributed by atoms with Crippen LogP contribution < -0.4 is 0 Å². The molecule has 0 aromatic carbocycles. The van der Waals surface area contributed by atoms with Crippen molar-refractivity contribution in [2.45, 2.75) is 267 Å². The first-order valence-corrected chi connectivity index (χ1v) is 30.0. The van der Waals surface area contributed by atoms with Gasteiger partial charge in [-0.05, 0) is 117 Å². The van der Waals surface area contributed by atoms with Crippen molar-refractivity contribution in [3.8, 4) is 0 Å². The summed E-state index contributed by atoms with van der Waals surface area (Å²) in [6.45, 7) is 15.0. The van der Waals surface area contributed by atoms with Gasteiger partial charge in [0.05, 0.1) is 50.2 Å². The van der Waals surface area contributed by atoms with Gasteiger partial charge in [-0.2, -0.15) is 0 Å². The zero-order valence-electron chi connectivity index (χ0n) is 48.8. The monoisotopic (exact) mass is 1190 g/mol. The van der Waals surface area contributed by atoms with Gasteiger partial charge in [-0.15, -0.1) is 0 Å². The first kappa shape index (κ1) is 64.3. The van der Waals surface area contributed by atoms with E-state index in [1.807, 2.05) is 6.92 Å². The van der Waals surface area contributed by atoms with Gasteiger partial charge in [-0.25, -0.2) is 0 Å². The number of ether oxygens (including phenoxy) is 10. The highest BCUT2D eigenvalue weighted by molar-refractivity contribution is 5.79. The van der Waals surface area contributed by atoms with Crippen LogP contribution in [0.15, 0.2) is 11.6 Å².